The number of anilines is 3. The number of piperazine rings is 1. The largest absolute Gasteiger partial charge is 0.369 e. The van der Waals surface area contributed by atoms with E-state index < -0.39 is 0 Å². The smallest absolute Gasteiger partial charge is 0.130 e. The van der Waals surface area contributed by atoms with Crippen molar-refractivity contribution in [2.24, 2.45) is 0 Å². The quantitative estimate of drug-likeness (QED) is 0.510. The van der Waals surface area contributed by atoms with Crippen LogP contribution < -0.4 is 10.2 Å². The van der Waals surface area contributed by atoms with Gasteiger partial charge in [0.25, 0.3) is 0 Å². The first kappa shape index (κ1) is 19.9. The topological polar surface area (TPSA) is 57.2 Å². The summed E-state index contributed by atoms with van der Waals surface area (Å²) in [4.78, 5) is 18.2. The highest BCUT2D eigenvalue weighted by Gasteiger charge is 2.18. The number of allylic oxidation sites excluding steroid dienone is 1. The second kappa shape index (κ2) is 8.30. The van der Waals surface area contributed by atoms with Crippen LogP contribution in [0.2, 0.25) is 0 Å². The summed E-state index contributed by atoms with van der Waals surface area (Å²) in [6, 6.07) is 19.2. The normalized spacial score (nSPS) is 16.0. The Morgan fingerprint density at radius 3 is 2.76 bits per heavy atom. The number of pyridine rings is 1. The molecule has 0 amide bonds. The van der Waals surface area contributed by atoms with Gasteiger partial charge in [0.05, 0.1) is 11.2 Å². The maximum absolute atomic E-state index is 4.93. The van der Waals surface area contributed by atoms with Gasteiger partial charge in [0.2, 0.25) is 0 Å². The van der Waals surface area contributed by atoms with Crippen LogP contribution in [0.15, 0.2) is 73.2 Å². The molecule has 2 aliphatic rings. The number of aromatic nitrogens is 3. The van der Waals surface area contributed by atoms with E-state index in [1.807, 2.05) is 6.20 Å². The molecular weight excluding hydrogens is 408 g/mol. The summed E-state index contributed by atoms with van der Waals surface area (Å²) in [5, 5.41) is 4.56. The van der Waals surface area contributed by atoms with Crippen LogP contribution in [0.1, 0.15) is 16.8 Å². The van der Waals surface area contributed by atoms with Gasteiger partial charge in [-0.25, -0.2) is 15.0 Å². The molecule has 0 radical (unpaired) electrons. The fraction of sp³-hybridized carbons (Fsp3) is 0.222. The lowest BCUT2D eigenvalue weighted by Crippen LogP contribution is -2.44. The zero-order chi connectivity index (χ0) is 22.2. The molecule has 0 bridgehead atoms. The summed E-state index contributed by atoms with van der Waals surface area (Å²) >= 11 is 0. The van der Waals surface area contributed by atoms with Crippen molar-refractivity contribution in [2.75, 3.05) is 43.4 Å². The third kappa shape index (κ3) is 3.94. The molecule has 1 aliphatic carbocycles. The number of rotatable bonds is 4. The van der Waals surface area contributed by atoms with Crippen molar-refractivity contribution in [1.82, 2.24) is 19.9 Å². The van der Waals surface area contributed by atoms with Gasteiger partial charge < -0.3 is 15.1 Å². The molecule has 6 rings (SSSR count). The van der Waals surface area contributed by atoms with Gasteiger partial charge >= 0.3 is 0 Å². The Balaban J connectivity index is 1.22. The SMILES string of the molecule is CN1CCN(c2cccc(Nc3ccc4c(n3)CC=C4c3ccc4ncncc4c3)c2)CC1. The number of likely N-dealkylation sites (N-methyl/N-ethyl adjacent to an activating group) is 1. The number of hydrogen-bond donors (Lipinski definition) is 1. The van der Waals surface area contributed by atoms with E-state index in [0.29, 0.717) is 0 Å². The molecule has 6 heteroatoms. The summed E-state index contributed by atoms with van der Waals surface area (Å²) in [5.41, 5.74) is 8.00. The van der Waals surface area contributed by atoms with E-state index in [-0.39, 0.29) is 0 Å². The average molecular weight is 435 g/mol. The van der Waals surface area contributed by atoms with Gasteiger partial charge in [0.1, 0.15) is 12.1 Å². The van der Waals surface area contributed by atoms with Crippen LogP contribution in [0.3, 0.4) is 0 Å². The van der Waals surface area contributed by atoms with Crippen LogP contribution in [0, 0.1) is 0 Å². The minimum atomic E-state index is 0.838. The highest BCUT2D eigenvalue weighted by Crippen LogP contribution is 2.34. The number of hydrogen-bond acceptors (Lipinski definition) is 6. The molecule has 0 spiro atoms. The van der Waals surface area contributed by atoms with Crippen molar-refractivity contribution in [1.29, 1.82) is 0 Å². The van der Waals surface area contributed by atoms with Gasteiger partial charge in [0, 0.05) is 61.1 Å². The Bertz CT molecular complexity index is 1350. The Labute approximate surface area is 193 Å². The zero-order valence-electron chi connectivity index (χ0n) is 18.7. The highest BCUT2D eigenvalue weighted by molar-refractivity contribution is 5.89. The fourth-order valence-corrected chi connectivity index (χ4v) is 4.70. The third-order valence-corrected chi connectivity index (χ3v) is 6.57. The predicted molar refractivity (Wildman–Crippen MR) is 134 cm³/mol. The summed E-state index contributed by atoms with van der Waals surface area (Å²) in [6.45, 7) is 4.33. The minimum Gasteiger partial charge on any atom is -0.369 e. The molecule has 1 fully saturated rings. The maximum Gasteiger partial charge on any atom is 0.130 e. The van der Waals surface area contributed by atoms with E-state index in [9.17, 15) is 0 Å². The van der Waals surface area contributed by atoms with Crippen LogP contribution in [-0.2, 0) is 6.42 Å². The first-order valence-corrected chi connectivity index (χ1v) is 11.4. The molecule has 2 aromatic heterocycles. The summed E-state index contributed by atoms with van der Waals surface area (Å²) < 4.78 is 0. The van der Waals surface area contributed by atoms with Gasteiger partial charge in [-0.05, 0) is 60.6 Å². The van der Waals surface area contributed by atoms with Crippen LogP contribution >= 0.6 is 0 Å². The molecule has 2 aromatic carbocycles. The molecule has 1 aliphatic heterocycles. The zero-order valence-corrected chi connectivity index (χ0v) is 18.7. The standard InChI is InChI=1S/C27H26N6/c1-32-11-13-33(14-12-32)22-4-2-3-21(16-22)30-27-10-7-24-23(6-9-26(24)31-27)19-5-8-25-20(15-19)17-28-18-29-25/h2-8,10,15-18H,9,11-14H2,1H3,(H,30,31). The Hall–Kier alpha value is -3.77. The molecule has 0 atom stereocenters. The molecule has 3 heterocycles. The Morgan fingerprint density at radius 1 is 0.939 bits per heavy atom. The Kier molecular flexibility index (Phi) is 5.00. The van der Waals surface area contributed by atoms with Crippen molar-refractivity contribution in [3.8, 4) is 0 Å². The number of nitrogens with zero attached hydrogens (tertiary/aromatic N) is 5. The molecule has 6 nitrogen and oxygen atoms in total. The lowest BCUT2D eigenvalue weighted by atomic mass is 10.00. The summed E-state index contributed by atoms with van der Waals surface area (Å²) in [7, 11) is 2.18. The van der Waals surface area contributed by atoms with E-state index in [1.54, 1.807) is 6.33 Å². The van der Waals surface area contributed by atoms with Crippen LogP contribution in [0.25, 0.3) is 16.5 Å². The molecule has 1 N–H and O–H groups in total. The first-order valence-electron chi connectivity index (χ1n) is 11.4. The van der Waals surface area contributed by atoms with Gasteiger partial charge in [-0.3, -0.25) is 0 Å². The van der Waals surface area contributed by atoms with Crippen molar-refractivity contribution in [3.05, 3.63) is 90.0 Å². The van der Waals surface area contributed by atoms with Crippen LogP contribution in [0.5, 0.6) is 0 Å². The maximum atomic E-state index is 4.93. The Morgan fingerprint density at radius 2 is 1.85 bits per heavy atom. The molecule has 0 unspecified atom stereocenters. The van der Waals surface area contributed by atoms with Crippen molar-refractivity contribution in [3.63, 3.8) is 0 Å². The summed E-state index contributed by atoms with van der Waals surface area (Å²) in [6.07, 6.45) is 6.56. The average Bonchev–Trinajstić information content (AvgIpc) is 3.28. The van der Waals surface area contributed by atoms with Crippen molar-refractivity contribution < 1.29 is 0 Å². The van der Waals surface area contributed by atoms with E-state index in [4.69, 9.17) is 4.98 Å². The van der Waals surface area contributed by atoms with Gasteiger partial charge in [-0.2, -0.15) is 0 Å². The molecule has 1 saturated heterocycles. The van der Waals surface area contributed by atoms with E-state index in [0.717, 1.165) is 60.7 Å². The molecule has 0 saturated carbocycles. The van der Waals surface area contributed by atoms with Crippen molar-refractivity contribution >= 4 is 33.7 Å². The number of benzene rings is 2. The molecular formula is C27H26N6. The third-order valence-electron chi connectivity index (χ3n) is 6.57. The monoisotopic (exact) mass is 434 g/mol. The molecule has 33 heavy (non-hydrogen) atoms. The predicted octanol–water partition coefficient (Wildman–Crippen LogP) is 4.51. The first-order chi connectivity index (χ1) is 16.2. The second-order valence-electron chi connectivity index (χ2n) is 8.77. The second-order valence-corrected chi connectivity index (χ2v) is 8.77. The highest BCUT2D eigenvalue weighted by atomic mass is 15.2. The van der Waals surface area contributed by atoms with Gasteiger partial charge in [-0.1, -0.05) is 18.2 Å². The van der Waals surface area contributed by atoms with Gasteiger partial charge in [-0.15, -0.1) is 0 Å². The van der Waals surface area contributed by atoms with E-state index in [2.05, 4.69) is 92.8 Å². The number of fused-ring (bicyclic) bond motifs is 2. The lowest BCUT2D eigenvalue weighted by molar-refractivity contribution is 0.313. The minimum absolute atomic E-state index is 0.838. The van der Waals surface area contributed by atoms with Crippen LogP contribution in [0.4, 0.5) is 17.2 Å². The molecule has 4 aromatic rings. The lowest BCUT2D eigenvalue weighted by Gasteiger charge is -2.34. The van der Waals surface area contributed by atoms with E-state index >= 15 is 0 Å². The molecule has 164 valence electrons. The summed E-state index contributed by atoms with van der Waals surface area (Å²) in [5.74, 6) is 0.880. The van der Waals surface area contributed by atoms with Crippen molar-refractivity contribution in [2.45, 2.75) is 6.42 Å². The van der Waals surface area contributed by atoms with Crippen LogP contribution in [-0.4, -0.2) is 53.1 Å². The number of nitrogens with one attached hydrogen (secondary N) is 1. The van der Waals surface area contributed by atoms with E-state index in [1.165, 1.54) is 22.4 Å². The fourth-order valence-electron chi connectivity index (χ4n) is 4.70. The van der Waals surface area contributed by atoms with Gasteiger partial charge in [0.15, 0.2) is 0 Å².